The summed E-state index contributed by atoms with van der Waals surface area (Å²) in [5.74, 6) is -1.01. The van der Waals surface area contributed by atoms with Crippen molar-refractivity contribution < 1.29 is 22.7 Å². The van der Waals surface area contributed by atoms with Gasteiger partial charge in [-0.2, -0.15) is 0 Å². The number of ketones is 1. The number of ether oxygens (including phenoxy) is 1. The number of hydrogen-bond acceptors (Lipinski definition) is 5. The van der Waals surface area contributed by atoms with Gasteiger partial charge in [0.1, 0.15) is 0 Å². The van der Waals surface area contributed by atoms with Crippen LogP contribution in [0.15, 0.2) is 43.1 Å². The molecule has 1 heterocycles. The van der Waals surface area contributed by atoms with Crippen molar-refractivity contribution in [1.82, 2.24) is 4.57 Å². The standard InChI is InChI=1S/C20H25NO5S/c1-4-13-27(24,25)19(20(23)26-5-2)11-8-12-21-14-17(15(3)22)16-9-6-7-10-18(16)21/h4,6-7,9-10,14,19H,1,5,8,11-13H2,2-3H3. The summed E-state index contributed by atoms with van der Waals surface area (Å²) in [7, 11) is -3.65. The molecule has 0 fully saturated rings. The van der Waals surface area contributed by atoms with Crippen LogP contribution in [0.4, 0.5) is 0 Å². The highest BCUT2D eigenvalue weighted by atomic mass is 32.2. The molecule has 0 amide bonds. The molecule has 0 N–H and O–H groups in total. The number of hydrogen-bond donors (Lipinski definition) is 0. The van der Waals surface area contributed by atoms with E-state index in [9.17, 15) is 18.0 Å². The average Bonchev–Trinajstić information content (AvgIpc) is 2.98. The molecule has 1 unspecified atom stereocenters. The van der Waals surface area contributed by atoms with Crippen LogP contribution in [0.3, 0.4) is 0 Å². The molecule has 146 valence electrons. The van der Waals surface area contributed by atoms with Gasteiger partial charge in [-0.15, -0.1) is 6.58 Å². The van der Waals surface area contributed by atoms with Crippen LogP contribution in [-0.2, 0) is 25.9 Å². The van der Waals surface area contributed by atoms with Crippen LogP contribution in [0.2, 0.25) is 0 Å². The van der Waals surface area contributed by atoms with Crippen LogP contribution in [0, 0.1) is 0 Å². The number of benzene rings is 1. The number of rotatable bonds is 10. The van der Waals surface area contributed by atoms with Gasteiger partial charge in [-0.05, 0) is 32.8 Å². The smallest absolute Gasteiger partial charge is 0.324 e. The largest absolute Gasteiger partial charge is 0.465 e. The van der Waals surface area contributed by atoms with Gasteiger partial charge in [0.05, 0.1) is 12.4 Å². The maximum atomic E-state index is 12.4. The number of para-hydroxylation sites is 1. The number of aromatic nitrogens is 1. The van der Waals surface area contributed by atoms with Crippen LogP contribution in [0.25, 0.3) is 10.9 Å². The van der Waals surface area contributed by atoms with E-state index in [1.54, 1.807) is 13.1 Å². The lowest BCUT2D eigenvalue weighted by Gasteiger charge is -2.15. The molecule has 0 saturated carbocycles. The molecule has 0 saturated heterocycles. The first-order valence-electron chi connectivity index (χ1n) is 8.89. The number of fused-ring (bicyclic) bond motifs is 1. The first kappa shape index (κ1) is 20.9. The van der Waals surface area contributed by atoms with E-state index in [-0.39, 0.29) is 24.6 Å². The van der Waals surface area contributed by atoms with Crippen molar-refractivity contribution in [2.75, 3.05) is 12.4 Å². The predicted molar refractivity (Wildman–Crippen MR) is 106 cm³/mol. The van der Waals surface area contributed by atoms with E-state index in [0.29, 0.717) is 18.5 Å². The van der Waals surface area contributed by atoms with Crippen LogP contribution in [-0.4, -0.2) is 42.3 Å². The number of carbonyl (C=O) groups excluding carboxylic acids is 2. The Morgan fingerprint density at radius 2 is 2.00 bits per heavy atom. The van der Waals surface area contributed by atoms with E-state index in [1.165, 1.54) is 13.0 Å². The van der Waals surface area contributed by atoms with Crippen molar-refractivity contribution in [2.45, 2.75) is 38.5 Å². The quantitative estimate of drug-likeness (QED) is 0.353. The van der Waals surface area contributed by atoms with Gasteiger partial charge in [-0.3, -0.25) is 9.59 Å². The van der Waals surface area contributed by atoms with Gasteiger partial charge in [0, 0.05) is 29.2 Å². The molecule has 6 nitrogen and oxygen atoms in total. The van der Waals surface area contributed by atoms with Crippen molar-refractivity contribution >= 4 is 32.5 Å². The molecule has 7 heteroatoms. The summed E-state index contributed by atoms with van der Waals surface area (Å²) in [6.45, 7) is 7.23. The fourth-order valence-electron chi connectivity index (χ4n) is 3.12. The molecule has 2 rings (SSSR count). The summed E-state index contributed by atoms with van der Waals surface area (Å²) in [5.41, 5.74) is 1.54. The Hall–Kier alpha value is -2.41. The molecule has 0 spiro atoms. The number of sulfone groups is 1. The predicted octanol–water partition coefficient (Wildman–Crippen LogP) is 3.16. The zero-order valence-electron chi connectivity index (χ0n) is 15.7. The second-order valence-corrected chi connectivity index (χ2v) is 8.54. The third-order valence-corrected chi connectivity index (χ3v) is 6.36. The second kappa shape index (κ2) is 8.99. The molecule has 27 heavy (non-hydrogen) atoms. The second-order valence-electron chi connectivity index (χ2n) is 6.31. The minimum Gasteiger partial charge on any atom is -0.465 e. The number of carbonyl (C=O) groups is 2. The van der Waals surface area contributed by atoms with Crippen molar-refractivity contribution in [2.24, 2.45) is 0 Å². The molecule has 1 aromatic carbocycles. The number of esters is 1. The normalized spacial score (nSPS) is 12.7. The van der Waals surface area contributed by atoms with E-state index >= 15 is 0 Å². The number of Topliss-reactive ketones (excluding diaryl/α,β-unsaturated/α-hetero) is 1. The molecule has 2 aromatic rings. The molecule has 0 radical (unpaired) electrons. The van der Waals surface area contributed by atoms with Gasteiger partial charge < -0.3 is 9.30 Å². The van der Waals surface area contributed by atoms with E-state index in [1.807, 2.05) is 28.8 Å². The molecular weight excluding hydrogens is 366 g/mol. The topological polar surface area (TPSA) is 82.4 Å². The zero-order valence-corrected chi connectivity index (χ0v) is 16.5. The third-order valence-electron chi connectivity index (χ3n) is 4.37. The maximum absolute atomic E-state index is 12.4. The summed E-state index contributed by atoms with van der Waals surface area (Å²) in [5, 5.41) is -0.337. The molecule has 1 aromatic heterocycles. The fraction of sp³-hybridized carbons (Fsp3) is 0.400. The number of nitrogens with zero attached hydrogens (tertiary/aromatic N) is 1. The lowest BCUT2D eigenvalue weighted by molar-refractivity contribution is -0.142. The lowest BCUT2D eigenvalue weighted by atomic mass is 10.1. The van der Waals surface area contributed by atoms with Crippen LogP contribution >= 0.6 is 0 Å². The number of aryl methyl sites for hydroxylation is 1. The Kier molecular flexibility index (Phi) is 6.96. The van der Waals surface area contributed by atoms with Crippen LogP contribution < -0.4 is 0 Å². The first-order valence-corrected chi connectivity index (χ1v) is 10.6. The minimum atomic E-state index is -3.65. The summed E-state index contributed by atoms with van der Waals surface area (Å²) in [6, 6.07) is 7.56. The Balaban J connectivity index is 2.19. The van der Waals surface area contributed by atoms with E-state index in [4.69, 9.17) is 4.74 Å². The molecule has 0 aliphatic rings. The molecule has 1 atom stereocenters. The first-order chi connectivity index (χ1) is 12.8. The fourth-order valence-corrected chi connectivity index (χ4v) is 4.57. The van der Waals surface area contributed by atoms with Gasteiger partial charge in [-0.25, -0.2) is 8.42 Å². The van der Waals surface area contributed by atoms with Gasteiger partial charge in [0.15, 0.2) is 20.9 Å². The molecule has 0 bridgehead atoms. The van der Waals surface area contributed by atoms with Crippen molar-refractivity contribution in [3.8, 4) is 0 Å². The Morgan fingerprint density at radius 1 is 1.30 bits per heavy atom. The Bertz CT molecular complexity index is 942. The highest BCUT2D eigenvalue weighted by Gasteiger charge is 2.32. The maximum Gasteiger partial charge on any atom is 0.324 e. The minimum absolute atomic E-state index is 0.0251. The van der Waals surface area contributed by atoms with E-state index < -0.39 is 21.1 Å². The zero-order chi connectivity index (χ0) is 20.0. The lowest BCUT2D eigenvalue weighted by Crippen LogP contribution is -2.33. The monoisotopic (exact) mass is 391 g/mol. The Labute approximate surface area is 159 Å². The third kappa shape index (κ3) is 4.86. The van der Waals surface area contributed by atoms with Crippen molar-refractivity contribution in [3.05, 3.63) is 48.7 Å². The summed E-state index contributed by atoms with van der Waals surface area (Å²) >= 11 is 0. The van der Waals surface area contributed by atoms with Gasteiger partial charge in [0.2, 0.25) is 0 Å². The van der Waals surface area contributed by atoms with Crippen LogP contribution in [0.5, 0.6) is 0 Å². The summed E-state index contributed by atoms with van der Waals surface area (Å²) in [6.07, 6.45) is 3.66. The summed E-state index contributed by atoms with van der Waals surface area (Å²) < 4.78 is 31.6. The van der Waals surface area contributed by atoms with Crippen molar-refractivity contribution in [3.63, 3.8) is 0 Å². The van der Waals surface area contributed by atoms with Crippen molar-refractivity contribution in [1.29, 1.82) is 0 Å². The van der Waals surface area contributed by atoms with Gasteiger partial charge in [0.25, 0.3) is 0 Å². The average molecular weight is 391 g/mol. The molecular formula is C20H25NO5S. The van der Waals surface area contributed by atoms with E-state index in [0.717, 1.165) is 10.9 Å². The van der Waals surface area contributed by atoms with Crippen LogP contribution in [0.1, 0.15) is 37.0 Å². The molecule has 0 aliphatic carbocycles. The Morgan fingerprint density at radius 3 is 2.63 bits per heavy atom. The highest BCUT2D eigenvalue weighted by molar-refractivity contribution is 7.92. The molecule has 0 aliphatic heterocycles. The SMILES string of the molecule is C=CCS(=O)(=O)C(CCCn1cc(C(C)=O)c2ccccc21)C(=O)OCC. The highest BCUT2D eigenvalue weighted by Crippen LogP contribution is 2.23. The summed E-state index contributed by atoms with van der Waals surface area (Å²) in [4.78, 5) is 24.0. The van der Waals surface area contributed by atoms with Gasteiger partial charge in [-0.1, -0.05) is 24.3 Å². The van der Waals surface area contributed by atoms with E-state index in [2.05, 4.69) is 6.58 Å². The van der Waals surface area contributed by atoms with Gasteiger partial charge >= 0.3 is 5.97 Å².